The van der Waals surface area contributed by atoms with Gasteiger partial charge in [0.05, 0.1) is 7.11 Å². The summed E-state index contributed by atoms with van der Waals surface area (Å²) < 4.78 is 5.50. The van der Waals surface area contributed by atoms with E-state index in [1.54, 1.807) is 7.11 Å². The molecule has 0 aliphatic heterocycles. The van der Waals surface area contributed by atoms with Crippen molar-refractivity contribution in [2.75, 3.05) is 27.7 Å². The Balaban J connectivity index is 3.07. The van der Waals surface area contributed by atoms with Gasteiger partial charge in [-0.05, 0) is 51.5 Å². The highest BCUT2D eigenvalue weighted by molar-refractivity contribution is 5.39. The molecule has 0 aliphatic rings. The molecule has 3 nitrogen and oxygen atoms in total. The fourth-order valence-electron chi connectivity index (χ4n) is 2.27. The maximum Gasteiger partial charge on any atom is 0.123 e. The van der Waals surface area contributed by atoms with Gasteiger partial charge in [0.2, 0.25) is 0 Å². The van der Waals surface area contributed by atoms with E-state index in [1.807, 2.05) is 0 Å². The lowest BCUT2D eigenvalue weighted by Crippen LogP contribution is -2.21. The SMILES string of the molecule is CCc1ccc(OC)c(C(CCCN)N(C)C)c1. The lowest BCUT2D eigenvalue weighted by atomic mass is 9.97. The van der Waals surface area contributed by atoms with Crippen LogP contribution < -0.4 is 10.5 Å². The van der Waals surface area contributed by atoms with E-state index in [0.717, 1.165) is 31.6 Å². The summed E-state index contributed by atoms with van der Waals surface area (Å²) >= 11 is 0. The van der Waals surface area contributed by atoms with Crippen LogP contribution in [0.1, 0.15) is 36.9 Å². The zero-order valence-corrected chi connectivity index (χ0v) is 12.1. The van der Waals surface area contributed by atoms with Crippen molar-refractivity contribution in [2.45, 2.75) is 32.2 Å². The highest BCUT2D eigenvalue weighted by atomic mass is 16.5. The van der Waals surface area contributed by atoms with Gasteiger partial charge in [-0.15, -0.1) is 0 Å². The van der Waals surface area contributed by atoms with E-state index >= 15 is 0 Å². The first kappa shape index (κ1) is 15.0. The first-order chi connectivity index (χ1) is 8.63. The number of ether oxygens (including phenoxy) is 1. The van der Waals surface area contributed by atoms with Crippen LogP contribution in [-0.2, 0) is 6.42 Å². The van der Waals surface area contributed by atoms with Crippen LogP contribution in [0.25, 0.3) is 0 Å². The van der Waals surface area contributed by atoms with Crippen LogP contribution in [0.3, 0.4) is 0 Å². The van der Waals surface area contributed by atoms with Gasteiger partial charge in [0.1, 0.15) is 5.75 Å². The Morgan fingerprint density at radius 2 is 2.06 bits per heavy atom. The summed E-state index contributed by atoms with van der Waals surface area (Å²) in [6, 6.07) is 6.85. The van der Waals surface area contributed by atoms with Crippen molar-refractivity contribution < 1.29 is 4.74 Å². The molecule has 1 rings (SSSR count). The molecule has 0 radical (unpaired) electrons. The first-order valence-electron chi connectivity index (χ1n) is 6.67. The zero-order valence-electron chi connectivity index (χ0n) is 12.1. The fraction of sp³-hybridized carbons (Fsp3) is 0.600. The summed E-state index contributed by atoms with van der Waals surface area (Å²) in [5.41, 5.74) is 8.26. The molecule has 18 heavy (non-hydrogen) atoms. The highest BCUT2D eigenvalue weighted by Crippen LogP contribution is 2.32. The highest BCUT2D eigenvalue weighted by Gasteiger charge is 2.18. The van der Waals surface area contributed by atoms with Gasteiger partial charge >= 0.3 is 0 Å². The maximum absolute atomic E-state index is 5.63. The molecule has 102 valence electrons. The minimum atomic E-state index is 0.370. The average Bonchev–Trinajstić information content (AvgIpc) is 2.38. The third-order valence-electron chi connectivity index (χ3n) is 3.37. The molecular formula is C15H26N2O. The Kier molecular flexibility index (Phi) is 6.16. The number of nitrogens with zero attached hydrogens (tertiary/aromatic N) is 1. The van der Waals surface area contributed by atoms with Crippen LogP contribution in [0.4, 0.5) is 0 Å². The van der Waals surface area contributed by atoms with E-state index in [1.165, 1.54) is 11.1 Å². The molecule has 1 aromatic rings. The van der Waals surface area contributed by atoms with E-state index in [-0.39, 0.29) is 0 Å². The van der Waals surface area contributed by atoms with Gasteiger partial charge < -0.3 is 15.4 Å². The van der Waals surface area contributed by atoms with Crippen LogP contribution in [0.15, 0.2) is 18.2 Å². The smallest absolute Gasteiger partial charge is 0.123 e. The van der Waals surface area contributed by atoms with Crippen LogP contribution in [-0.4, -0.2) is 32.6 Å². The molecule has 0 bridgehead atoms. The van der Waals surface area contributed by atoms with Crippen LogP contribution in [0.2, 0.25) is 0 Å². The van der Waals surface area contributed by atoms with Crippen molar-refractivity contribution in [3.63, 3.8) is 0 Å². The third-order valence-corrected chi connectivity index (χ3v) is 3.37. The monoisotopic (exact) mass is 250 g/mol. The van der Waals surface area contributed by atoms with Gasteiger partial charge in [0, 0.05) is 11.6 Å². The summed E-state index contributed by atoms with van der Waals surface area (Å²) in [5.74, 6) is 0.975. The fourth-order valence-corrected chi connectivity index (χ4v) is 2.27. The molecule has 0 fully saturated rings. The number of hydrogen-bond acceptors (Lipinski definition) is 3. The Labute approximate surface area is 111 Å². The largest absolute Gasteiger partial charge is 0.496 e. The van der Waals surface area contributed by atoms with Crippen molar-refractivity contribution in [3.8, 4) is 5.75 Å². The van der Waals surface area contributed by atoms with Crippen molar-refractivity contribution in [1.29, 1.82) is 0 Å². The predicted molar refractivity (Wildman–Crippen MR) is 77.1 cm³/mol. The van der Waals surface area contributed by atoms with Crippen LogP contribution >= 0.6 is 0 Å². The van der Waals surface area contributed by atoms with Gasteiger partial charge in [-0.2, -0.15) is 0 Å². The second-order valence-corrected chi connectivity index (χ2v) is 4.84. The van der Waals surface area contributed by atoms with Crippen molar-refractivity contribution >= 4 is 0 Å². The number of hydrogen-bond donors (Lipinski definition) is 1. The van der Waals surface area contributed by atoms with Crippen molar-refractivity contribution in [2.24, 2.45) is 5.73 Å². The average molecular weight is 250 g/mol. The third kappa shape index (κ3) is 3.72. The Hall–Kier alpha value is -1.06. The maximum atomic E-state index is 5.63. The first-order valence-corrected chi connectivity index (χ1v) is 6.67. The molecule has 0 spiro atoms. The molecule has 1 atom stereocenters. The summed E-state index contributed by atoms with van der Waals surface area (Å²) in [6.45, 7) is 2.91. The molecule has 0 saturated heterocycles. The summed E-state index contributed by atoms with van der Waals surface area (Å²) in [7, 11) is 5.96. The molecule has 0 saturated carbocycles. The van der Waals surface area contributed by atoms with Gasteiger partial charge in [-0.25, -0.2) is 0 Å². The lowest BCUT2D eigenvalue weighted by Gasteiger charge is -2.26. The zero-order chi connectivity index (χ0) is 13.5. The minimum absolute atomic E-state index is 0.370. The quantitative estimate of drug-likeness (QED) is 0.808. The molecule has 0 heterocycles. The Bertz CT molecular complexity index is 364. The minimum Gasteiger partial charge on any atom is -0.496 e. The van der Waals surface area contributed by atoms with Gasteiger partial charge in [0.15, 0.2) is 0 Å². The van der Waals surface area contributed by atoms with E-state index in [4.69, 9.17) is 10.5 Å². The summed E-state index contributed by atoms with van der Waals surface area (Å²) in [5, 5.41) is 0. The molecular weight excluding hydrogens is 224 g/mol. The summed E-state index contributed by atoms with van der Waals surface area (Å²) in [6.07, 6.45) is 3.14. The lowest BCUT2D eigenvalue weighted by molar-refractivity contribution is 0.271. The number of aryl methyl sites for hydroxylation is 1. The molecule has 0 amide bonds. The second-order valence-electron chi connectivity index (χ2n) is 4.84. The van der Waals surface area contributed by atoms with Crippen molar-refractivity contribution in [1.82, 2.24) is 4.90 Å². The molecule has 1 aromatic carbocycles. The number of nitrogens with two attached hydrogens (primary N) is 1. The predicted octanol–water partition coefficient (Wildman–Crippen LogP) is 2.60. The number of benzene rings is 1. The van der Waals surface area contributed by atoms with Crippen molar-refractivity contribution in [3.05, 3.63) is 29.3 Å². The topological polar surface area (TPSA) is 38.5 Å². The Morgan fingerprint density at radius 1 is 1.33 bits per heavy atom. The summed E-state index contributed by atoms with van der Waals surface area (Å²) in [4.78, 5) is 2.24. The van der Waals surface area contributed by atoms with E-state index in [2.05, 4.69) is 44.1 Å². The van der Waals surface area contributed by atoms with E-state index < -0.39 is 0 Å². The van der Waals surface area contributed by atoms with Gasteiger partial charge in [-0.3, -0.25) is 0 Å². The van der Waals surface area contributed by atoms with E-state index in [0.29, 0.717) is 6.04 Å². The molecule has 2 N–H and O–H groups in total. The standard InChI is InChI=1S/C15H26N2O/c1-5-12-8-9-15(18-4)13(11-12)14(17(2)3)7-6-10-16/h8-9,11,14H,5-7,10,16H2,1-4H3. The van der Waals surface area contributed by atoms with Crippen LogP contribution in [0.5, 0.6) is 5.75 Å². The second kappa shape index (κ2) is 7.39. The number of methoxy groups -OCH3 is 1. The van der Waals surface area contributed by atoms with Gasteiger partial charge in [-0.1, -0.05) is 19.1 Å². The van der Waals surface area contributed by atoms with E-state index in [9.17, 15) is 0 Å². The molecule has 0 aliphatic carbocycles. The molecule has 1 unspecified atom stereocenters. The number of rotatable bonds is 7. The molecule has 3 heteroatoms. The van der Waals surface area contributed by atoms with Crippen LogP contribution in [0, 0.1) is 0 Å². The normalized spacial score (nSPS) is 12.8. The molecule has 0 aromatic heterocycles. The van der Waals surface area contributed by atoms with Gasteiger partial charge in [0.25, 0.3) is 0 Å². The Morgan fingerprint density at radius 3 is 2.56 bits per heavy atom.